The molecule has 6 aromatic rings. The number of hydrogen-bond acceptors (Lipinski definition) is 1. The summed E-state index contributed by atoms with van der Waals surface area (Å²) in [5.41, 5.74) is 14.5. The Morgan fingerprint density at radius 1 is 0.658 bits per heavy atom. The fraction of sp³-hybridized carbons (Fsp3) is 0.143. The van der Waals surface area contributed by atoms with E-state index in [9.17, 15) is 0 Å². The number of nitrogens with zero attached hydrogens (tertiary/aromatic N) is 2. The van der Waals surface area contributed by atoms with E-state index in [0.717, 1.165) is 0 Å². The topological polar surface area (TPSA) is 8.17 Å². The Kier molecular flexibility index (Phi) is 4.26. The molecule has 0 aliphatic carbocycles. The summed E-state index contributed by atoms with van der Waals surface area (Å²) in [6, 6.07) is 38.7. The van der Waals surface area contributed by atoms with Gasteiger partial charge in [0.2, 0.25) is 0 Å². The van der Waals surface area contributed by atoms with Crippen molar-refractivity contribution in [2.75, 3.05) is 4.90 Å². The molecule has 2 aliphatic rings. The molecule has 182 valence electrons. The standard InChI is InChI=1S/C35H29BN2/c1-22-16-19-30-28(20-22)27-14-8-13-26-25-12-9-15-31-33(25)36(38(30)34(26)27)29-18-17-23(35(2,3)4)21-32(29)37(31)24-10-6-5-7-11-24/h5-21H,1-4H3. The van der Waals surface area contributed by atoms with Crippen molar-refractivity contribution in [3.05, 3.63) is 114 Å². The predicted molar refractivity (Wildman–Crippen MR) is 163 cm³/mol. The fourth-order valence-electron chi connectivity index (χ4n) is 6.82. The lowest BCUT2D eigenvalue weighted by Crippen LogP contribution is -2.56. The van der Waals surface area contributed by atoms with Crippen LogP contribution >= 0.6 is 0 Å². The van der Waals surface area contributed by atoms with Gasteiger partial charge >= 0.3 is 6.85 Å². The number of rotatable bonds is 1. The summed E-state index contributed by atoms with van der Waals surface area (Å²) < 4.78 is 2.63. The largest absolute Gasteiger partial charge is 0.375 e. The molecule has 0 unspecified atom stereocenters. The van der Waals surface area contributed by atoms with Gasteiger partial charge < -0.3 is 9.38 Å². The van der Waals surface area contributed by atoms with Gasteiger partial charge in [0.1, 0.15) is 0 Å². The Bertz CT molecular complexity index is 1920. The van der Waals surface area contributed by atoms with Gasteiger partial charge in [-0.15, -0.1) is 0 Å². The summed E-state index contributed by atoms with van der Waals surface area (Å²) in [5, 5.41) is 2.69. The number of anilines is 3. The smallest absolute Gasteiger partial charge is 0.333 e. The number of hydrogen-bond donors (Lipinski definition) is 0. The zero-order chi connectivity index (χ0) is 25.8. The summed E-state index contributed by atoms with van der Waals surface area (Å²) in [6.07, 6.45) is 0. The minimum absolute atomic E-state index is 0.0591. The molecule has 0 amide bonds. The molecule has 38 heavy (non-hydrogen) atoms. The molecule has 0 fully saturated rings. The maximum Gasteiger partial charge on any atom is 0.333 e. The third-order valence-electron chi connectivity index (χ3n) is 8.57. The van der Waals surface area contributed by atoms with Crippen LogP contribution in [-0.2, 0) is 5.41 Å². The molecular weight excluding hydrogens is 459 g/mol. The quantitative estimate of drug-likeness (QED) is 0.214. The van der Waals surface area contributed by atoms with E-state index in [4.69, 9.17) is 0 Å². The third kappa shape index (κ3) is 2.79. The van der Waals surface area contributed by atoms with Gasteiger partial charge in [0.25, 0.3) is 0 Å². The van der Waals surface area contributed by atoms with Crippen LogP contribution in [0.5, 0.6) is 0 Å². The van der Waals surface area contributed by atoms with Crippen LogP contribution in [0.15, 0.2) is 103 Å². The highest BCUT2D eigenvalue weighted by Gasteiger charge is 2.42. The first kappa shape index (κ1) is 21.8. The molecular formula is C35H29BN2. The van der Waals surface area contributed by atoms with Crippen molar-refractivity contribution in [1.82, 2.24) is 4.48 Å². The van der Waals surface area contributed by atoms with Crippen molar-refractivity contribution in [1.29, 1.82) is 0 Å². The van der Waals surface area contributed by atoms with Crippen LogP contribution in [-0.4, -0.2) is 11.3 Å². The second kappa shape index (κ2) is 7.42. The lowest BCUT2D eigenvalue weighted by atomic mass is 9.45. The SMILES string of the molecule is Cc1ccc2c(c1)c1cccc3c1n2B1c2ccc(C(C)(C)C)cc2N(c2ccccc2)c2cccc-3c21. The van der Waals surface area contributed by atoms with Crippen LogP contribution in [0.3, 0.4) is 0 Å². The lowest BCUT2D eigenvalue weighted by molar-refractivity contribution is 0.590. The molecule has 0 bridgehead atoms. The molecule has 5 aromatic carbocycles. The Labute approximate surface area is 224 Å². The van der Waals surface area contributed by atoms with Gasteiger partial charge in [0, 0.05) is 44.4 Å². The molecule has 0 radical (unpaired) electrons. The second-order valence-corrected chi connectivity index (χ2v) is 11.9. The highest BCUT2D eigenvalue weighted by molar-refractivity contribution is 6.90. The van der Waals surface area contributed by atoms with Gasteiger partial charge in [-0.3, -0.25) is 0 Å². The van der Waals surface area contributed by atoms with Gasteiger partial charge in [-0.05, 0) is 70.8 Å². The molecule has 8 rings (SSSR count). The summed E-state index contributed by atoms with van der Waals surface area (Å²) in [5.74, 6) is 0. The number of benzene rings is 5. The molecule has 0 saturated heterocycles. The Morgan fingerprint density at radius 3 is 2.26 bits per heavy atom. The van der Waals surface area contributed by atoms with Crippen LogP contribution in [0.4, 0.5) is 17.1 Å². The van der Waals surface area contributed by atoms with Crippen LogP contribution in [0.1, 0.15) is 31.9 Å². The Morgan fingerprint density at radius 2 is 1.45 bits per heavy atom. The number of aryl methyl sites for hydroxylation is 1. The van der Waals surface area contributed by atoms with E-state index in [-0.39, 0.29) is 12.3 Å². The molecule has 0 spiro atoms. The maximum atomic E-state index is 2.63. The van der Waals surface area contributed by atoms with Gasteiger partial charge in [-0.2, -0.15) is 0 Å². The predicted octanol–water partition coefficient (Wildman–Crippen LogP) is 7.82. The summed E-state index contributed by atoms with van der Waals surface area (Å²) >= 11 is 0. The minimum Gasteiger partial charge on any atom is -0.375 e. The van der Waals surface area contributed by atoms with Crippen LogP contribution < -0.4 is 15.8 Å². The highest BCUT2D eigenvalue weighted by atomic mass is 15.2. The Balaban J connectivity index is 1.55. The van der Waals surface area contributed by atoms with Crippen molar-refractivity contribution < 1.29 is 0 Å². The minimum atomic E-state index is 0.0591. The average molecular weight is 488 g/mol. The van der Waals surface area contributed by atoms with Gasteiger partial charge in [0.15, 0.2) is 0 Å². The van der Waals surface area contributed by atoms with Gasteiger partial charge in [-0.1, -0.05) is 93.1 Å². The number of para-hydroxylation sites is 2. The average Bonchev–Trinajstić information content (AvgIpc) is 3.24. The summed E-state index contributed by atoms with van der Waals surface area (Å²) in [7, 11) is 0. The molecule has 3 heterocycles. The van der Waals surface area contributed by atoms with E-state index in [2.05, 4.69) is 140 Å². The molecule has 3 heteroatoms. The summed E-state index contributed by atoms with van der Waals surface area (Å²) in [4.78, 5) is 2.49. The molecule has 0 saturated carbocycles. The second-order valence-electron chi connectivity index (χ2n) is 11.9. The van der Waals surface area contributed by atoms with E-state index >= 15 is 0 Å². The van der Waals surface area contributed by atoms with Gasteiger partial charge in [0.05, 0.1) is 0 Å². The first-order chi connectivity index (χ1) is 18.4. The first-order valence-electron chi connectivity index (χ1n) is 13.6. The molecule has 2 aliphatic heterocycles. The van der Waals surface area contributed by atoms with Crippen molar-refractivity contribution in [2.24, 2.45) is 0 Å². The number of aromatic nitrogens is 1. The first-order valence-corrected chi connectivity index (χ1v) is 13.6. The van der Waals surface area contributed by atoms with Crippen LogP contribution in [0.25, 0.3) is 32.9 Å². The van der Waals surface area contributed by atoms with Crippen LogP contribution in [0.2, 0.25) is 0 Å². The Hall–Kier alpha value is -4.24. The zero-order valence-corrected chi connectivity index (χ0v) is 22.3. The van der Waals surface area contributed by atoms with E-state index in [1.807, 2.05) is 0 Å². The third-order valence-corrected chi connectivity index (χ3v) is 8.57. The fourth-order valence-corrected chi connectivity index (χ4v) is 6.82. The van der Waals surface area contributed by atoms with Gasteiger partial charge in [-0.25, -0.2) is 0 Å². The maximum absolute atomic E-state index is 2.63. The molecule has 0 N–H and O–H groups in total. The van der Waals surface area contributed by atoms with E-state index < -0.39 is 0 Å². The monoisotopic (exact) mass is 488 g/mol. The van der Waals surface area contributed by atoms with E-state index in [1.54, 1.807) is 0 Å². The van der Waals surface area contributed by atoms with Crippen LogP contribution in [0, 0.1) is 6.92 Å². The van der Waals surface area contributed by atoms with E-state index in [0.29, 0.717) is 0 Å². The van der Waals surface area contributed by atoms with Crippen molar-refractivity contribution >= 4 is 56.6 Å². The highest BCUT2D eigenvalue weighted by Crippen LogP contribution is 2.45. The van der Waals surface area contributed by atoms with Crippen molar-refractivity contribution in [3.63, 3.8) is 0 Å². The van der Waals surface area contributed by atoms with Crippen molar-refractivity contribution in [3.8, 4) is 11.1 Å². The molecule has 0 atom stereocenters. The normalized spacial score (nSPS) is 13.7. The van der Waals surface area contributed by atoms with Crippen molar-refractivity contribution in [2.45, 2.75) is 33.1 Å². The van der Waals surface area contributed by atoms with E-state index in [1.165, 1.54) is 72.0 Å². The molecule has 1 aromatic heterocycles. The lowest BCUT2D eigenvalue weighted by Gasteiger charge is -2.41. The zero-order valence-electron chi connectivity index (χ0n) is 22.3. The summed E-state index contributed by atoms with van der Waals surface area (Å²) in [6.45, 7) is 9.22. The number of fused-ring (bicyclic) bond motifs is 7. The molecule has 2 nitrogen and oxygen atoms in total.